The van der Waals surface area contributed by atoms with E-state index in [9.17, 15) is 35.3 Å². The average Bonchev–Trinajstić information content (AvgIpc) is 3.37. The summed E-state index contributed by atoms with van der Waals surface area (Å²) in [6.45, 7) is 11.4. The lowest BCUT2D eigenvalue weighted by atomic mass is 9.99. The van der Waals surface area contributed by atoms with E-state index in [1.54, 1.807) is 0 Å². The zero-order valence-corrected chi connectivity index (χ0v) is 41.6. The van der Waals surface area contributed by atoms with Crippen LogP contribution in [0.2, 0.25) is 0 Å². The van der Waals surface area contributed by atoms with Crippen molar-refractivity contribution in [2.24, 2.45) is 27.2 Å². The molecule has 1 aromatic rings. The highest BCUT2D eigenvalue weighted by Gasteiger charge is 2.45. The van der Waals surface area contributed by atoms with Crippen LogP contribution in [-0.4, -0.2) is 239 Å². The third-order valence-electron chi connectivity index (χ3n) is 9.94. The topological polar surface area (TPSA) is 382 Å². The van der Waals surface area contributed by atoms with Gasteiger partial charge >= 0.3 is 0 Å². The number of hydrogen-bond acceptors (Lipinski definition) is 21. The predicted octanol–water partition coefficient (Wildman–Crippen LogP) is -2.24. The largest absolute Gasteiger partial charge is 0.462 e. The van der Waals surface area contributed by atoms with E-state index in [0.717, 1.165) is 37.8 Å². The Kier molecular flexibility index (Phi) is 38.4. The lowest BCUT2D eigenvalue weighted by Crippen LogP contribution is -2.60. The lowest BCUT2D eigenvalue weighted by molar-refractivity contribution is -0.385. The molecule has 0 unspecified atom stereocenters. The molecule has 0 radical (unpaired) electrons. The van der Waals surface area contributed by atoms with Crippen LogP contribution in [0.3, 0.4) is 0 Å². The van der Waals surface area contributed by atoms with Crippen molar-refractivity contribution in [3.05, 3.63) is 33.9 Å². The molecule has 0 aliphatic carbocycles. The molecule has 72 heavy (non-hydrogen) atoms. The lowest BCUT2D eigenvalue weighted by Gasteiger charge is -2.39. The van der Waals surface area contributed by atoms with Crippen molar-refractivity contribution in [2.45, 2.75) is 69.2 Å². The van der Waals surface area contributed by atoms with Crippen molar-refractivity contribution in [1.29, 1.82) is 0 Å². The van der Waals surface area contributed by atoms with Gasteiger partial charge in [0, 0.05) is 84.0 Å². The summed E-state index contributed by atoms with van der Waals surface area (Å²) >= 11 is 0. The maximum atomic E-state index is 12.8. The third kappa shape index (κ3) is 32.1. The van der Waals surface area contributed by atoms with Crippen LogP contribution >= 0.6 is 0 Å². The highest BCUT2D eigenvalue weighted by molar-refractivity contribution is 5.95. The number of nitro benzene ring substituents is 1. The van der Waals surface area contributed by atoms with Gasteiger partial charge in [-0.3, -0.25) is 24.9 Å². The number of hydrogen-bond donors (Lipinski definition) is 10. The molecule has 1 aliphatic heterocycles. The number of aliphatic imine (C=N–C) groups is 2. The minimum Gasteiger partial charge on any atom is -0.462 e. The Morgan fingerprint density at radius 1 is 0.583 bits per heavy atom. The Hall–Kier alpha value is -4.17. The fraction of sp³-hybridized carbons (Fsp3) is 0.800. The molecule has 0 bridgehead atoms. The van der Waals surface area contributed by atoms with Gasteiger partial charge in [-0.25, -0.2) is 0 Å². The standard InChI is InChI=1S/C45H83N9O18/c46-7-1-13-62-19-25-68-27-21-64-15-3-9-50-44(47)52-11-5-17-66-23-29-70-30-24-67-18-6-12-53-45(48)51-10-4-16-65-22-28-69-26-20-63-14-2-8-49-42(59)35-31-36(54(60)61)33-37(32-35)71-43-41(58)40(57)39(56)38(34-55)72-43/h31-33,38-41,43,55-58H,1-30,34,46H2,(H,49,59)(H3,47,50,52)(H3,48,51,53)/t38-,39+,40+,41-,43+/m1/s1. The van der Waals surface area contributed by atoms with Crippen LogP contribution in [0.25, 0.3) is 0 Å². The maximum Gasteiger partial charge on any atom is 0.273 e. The van der Waals surface area contributed by atoms with Gasteiger partial charge in [-0.05, 0) is 51.1 Å². The number of nitro groups is 1. The number of carbonyl (C=O) groups is 1. The van der Waals surface area contributed by atoms with Gasteiger partial charge in [-0.15, -0.1) is 0 Å². The van der Waals surface area contributed by atoms with Gasteiger partial charge < -0.3 is 106 Å². The number of aliphatic hydroxyl groups is 4. The second kappa shape index (κ2) is 43.3. The first kappa shape index (κ1) is 63.9. The fourth-order valence-corrected chi connectivity index (χ4v) is 6.10. The van der Waals surface area contributed by atoms with Gasteiger partial charge in [-0.2, -0.15) is 0 Å². The second-order valence-corrected chi connectivity index (χ2v) is 15.9. The van der Waals surface area contributed by atoms with Crippen molar-refractivity contribution >= 4 is 23.5 Å². The highest BCUT2D eigenvalue weighted by atomic mass is 16.7. The summed E-state index contributed by atoms with van der Waals surface area (Å²) in [5, 5.41) is 59.9. The number of rotatable bonds is 46. The summed E-state index contributed by atoms with van der Waals surface area (Å²) in [6, 6.07) is 3.27. The van der Waals surface area contributed by atoms with E-state index in [1.807, 2.05) is 0 Å². The number of guanidine groups is 2. The molecule has 0 saturated carbocycles. The van der Waals surface area contributed by atoms with E-state index < -0.39 is 53.8 Å². The van der Waals surface area contributed by atoms with Crippen LogP contribution in [0.15, 0.2) is 28.2 Å². The molecule has 0 spiro atoms. The van der Waals surface area contributed by atoms with Crippen LogP contribution in [0.4, 0.5) is 5.69 Å². The summed E-state index contributed by atoms with van der Waals surface area (Å²) in [6.07, 6.45) is -3.58. The first-order valence-electron chi connectivity index (χ1n) is 24.6. The number of amides is 1. The summed E-state index contributed by atoms with van der Waals surface area (Å²) in [5.41, 5.74) is 16.7. The zero-order chi connectivity index (χ0) is 52.3. The van der Waals surface area contributed by atoms with E-state index in [1.165, 1.54) is 6.07 Å². The molecule has 1 aliphatic rings. The van der Waals surface area contributed by atoms with Crippen LogP contribution in [-0.2, 0) is 47.4 Å². The molecule has 1 saturated heterocycles. The SMILES string of the molecule is NCCCOCCOCCOCCCNC(N)=NCCCOCCOCCOCCCNC(N)=NCCCOCCOCCOCCCNC(=O)c1cc(O[C@H]2O[C@H](CO)[C@H](O)[C@H](O)[C@H]2O)cc([N+](=O)[O-])c1. The number of benzene rings is 1. The quantitative estimate of drug-likeness (QED) is 0.0108. The predicted molar refractivity (Wildman–Crippen MR) is 263 cm³/mol. The van der Waals surface area contributed by atoms with Crippen molar-refractivity contribution in [3.8, 4) is 5.75 Å². The zero-order valence-electron chi connectivity index (χ0n) is 41.6. The van der Waals surface area contributed by atoms with Crippen molar-refractivity contribution in [2.75, 3.05) is 165 Å². The first-order chi connectivity index (χ1) is 35.1. The number of nitrogens with two attached hydrogens (primary N) is 3. The van der Waals surface area contributed by atoms with E-state index in [2.05, 4.69) is 25.9 Å². The molecule has 27 heteroatoms. The Bertz CT molecular complexity index is 1590. The third-order valence-corrected chi connectivity index (χ3v) is 9.94. The molecule has 0 aromatic heterocycles. The van der Waals surface area contributed by atoms with Gasteiger partial charge in [0.1, 0.15) is 30.2 Å². The number of ether oxygens (including phenoxy) is 11. The van der Waals surface area contributed by atoms with Crippen molar-refractivity contribution in [1.82, 2.24) is 16.0 Å². The number of aliphatic hydroxyl groups excluding tert-OH is 4. The van der Waals surface area contributed by atoms with Gasteiger partial charge in [0.25, 0.3) is 11.6 Å². The van der Waals surface area contributed by atoms with E-state index in [0.29, 0.717) is 176 Å². The van der Waals surface area contributed by atoms with Crippen LogP contribution in [0.1, 0.15) is 48.9 Å². The molecule has 1 amide bonds. The van der Waals surface area contributed by atoms with Crippen molar-refractivity contribution < 1.29 is 82.2 Å². The maximum absolute atomic E-state index is 12.8. The van der Waals surface area contributed by atoms with Gasteiger partial charge in [-0.1, -0.05) is 0 Å². The fourth-order valence-electron chi connectivity index (χ4n) is 6.10. The average molecular weight is 1040 g/mol. The van der Waals surface area contributed by atoms with Gasteiger partial charge in [0.05, 0.1) is 96.9 Å². The Balaban J connectivity index is 1.32. The molecule has 2 rings (SSSR count). The molecule has 1 aromatic carbocycles. The minimum absolute atomic E-state index is 0.0996. The Morgan fingerprint density at radius 2 is 0.986 bits per heavy atom. The van der Waals surface area contributed by atoms with Gasteiger partial charge in [0.2, 0.25) is 6.29 Å². The molecule has 1 heterocycles. The molecular formula is C45H83N9O18. The Morgan fingerprint density at radius 3 is 1.40 bits per heavy atom. The Labute approximate surface area is 421 Å². The molecular weight excluding hydrogens is 955 g/mol. The minimum atomic E-state index is -1.74. The molecule has 416 valence electrons. The number of nitrogens with zero attached hydrogens (tertiary/aromatic N) is 3. The molecule has 5 atom stereocenters. The first-order valence-corrected chi connectivity index (χ1v) is 24.6. The monoisotopic (exact) mass is 1040 g/mol. The second-order valence-electron chi connectivity index (χ2n) is 15.9. The number of non-ortho nitro benzene ring substituents is 1. The van der Waals surface area contributed by atoms with Gasteiger partial charge in [0.15, 0.2) is 11.9 Å². The van der Waals surface area contributed by atoms with Crippen LogP contribution in [0.5, 0.6) is 5.75 Å². The smallest absolute Gasteiger partial charge is 0.273 e. The van der Waals surface area contributed by atoms with Crippen LogP contribution < -0.4 is 37.9 Å². The summed E-state index contributed by atoms with van der Waals surface area (Å²) < 4.78 is 60.4. The van der Waals surface area contributed by atoms with E-state index in [4.69, 9.17) is 69.3 Å². The summed E-state index contributed by atoms with van der Waals surface area (Å²) in [7, 11) is 0. The van der Waals surface area contributed by atoms with Crippen molar-refractivity contribution in [3.63, 3.8) is 0 Å². The molecule has 1 fully saturated rings. The number of nitrogens with one attached hydrogen (secondary N) is 3. The molecule has 13 N–H and O–H groups in total. The molecule has 27 nitrogen and oxygen atoms in total. The number of carbonyl (C=O) groups excluding carboxylic acids is 1. The highest BCUT2D eigenvalue weighted by Crippen LogP contribution is 2.28. The summed E-state index contributed by atoms with van der Waals surface area (Å²) in [5.74, 6) is -0.0623. The van der Waals surface area contributed by atoms with Crippen LogP contribution in [0, 0.1) is 10.1 Å². The van der Waals surface area contributed by atoms with E-state index in [-0.39, 0.29) is 17.9 Å². The normalized spacial score (nSPS) is 18.3. The summed E-state index contributed by atoms with van der Waals surface area (Å²) in [4.78, 5) is 32.1. The van der Waals surface area contributed by atoms with E-state index >= 15 is 0 Å².